The molecule has 0 fully saturated rings. The van der Waals surface area contributed by atoms with Crippen LogP contribution in [0.15, 0.2) is 35.8 Å². The zero-order valence-electron chi connectivity index (χ0n) is 10.1. The molecule has 5 heteroatoms. The second-order valence-electron chi connectivity index (χ2n) is 3.58. The van der Waals surface area contributed by atoms with Crippen molar-refractivity contribution in [2.24, 2.45) is 0 Å². The van der Waals surface area contributed by atoms with Gasteiger partial charge in [-0.1, -0.05) is 6.07 Å². The highest BCUT2D eigenvalue weighted by Crippen LogP contribution is 2.14. The number of carbonyl (C=O) groups excluding carboxylic acids is 1. The van der Waals surface area contributed by atoms with E-state index < -0.39 is 0 Å². The Morgan fingerprint density at radius 3 is 3.11 bits per heavy atom. The number of esters is 1. The fourth-order valence-electron chi connectivity index (χ4n) is 1.49. The zero-order chi connectivity index (χ0) is 12.8. The fraction of sp³-hybridized carbons (Fsp3) is 0.231. The number of ether oxygens (including phenoxy) is 1. The molecule has 0 atom stereocenters. The summed E-state index contributed by atoms with van der Waals surface area (Å²) >= 11 is 1.60. The fourth-order valence-corrected chi connectivity index (χ4v) is 2.04. The minimum Gasteiger partial charge on any atom is -0.462 e. The van der Waals surface area contributed by atoms with Crippen molar-refractivity contribution in [3.05, 3.63) is 46.4 Å². The van der Waals surface area contributed by atoms with Crippen LogP contribution in [0.4, 0.5) is 5.69 Å². The van der Waals surface area contributed by atoms with Crippen LogP contribution in [0.5, 0.6) is 0 Å². The van der Waals surface area contributed by atoms with Gasteiger partial charge < -0.3 is 10.1 Å². The van der Waals surface area contributed by atoms with E-state index in [2.05, 4.69) is 10.3 Å². The maximum atomic E-state index is 11.6. The highest BCUT2D eigenvalue weighted by Gasteiger charge is 2.06. The molecule has 0 amide bonds. The molecule has 0 bridgehead atoms. The first-order chi connectivity index (χ1) is 8.79. The Hall–Kier alpha value is -1.88. The average Bonchev–Trinajstić information content (AvgIpc) is 2.90. The van der Waals surface area contributed by atoms with E-state index in [0.717, 1.165) is 10.7 Å². The molecule has 0 aliphatic rings. The van der Waals surface area contributed by atoms with Crippen molar-refractivity contribution < 1.29 is 9.53 Å². The number of aromatic nitrogens is 1. The van der Waals surface area contributed by atoms with Crippen LogP contribution in [-0.4, -0.2) is 17.6 Å². The summed E-state index contributed by atoms with van der Waals surface area (Å²) < 4.78 is 4.96. The van der Waals surface area contributed by atoms with Crippen molar-refractivity contribution in [3.8, 4) is 0 Å². The molecule has 0 saturated heterocycles. The predicted molar refractivity (Wildman–Crippen MR) is 71.8 cm³/mol. The van der Waals surface area contributed by atoms with Gasteiger partial charge in [-0.3, -0.25) is 0 Å². The van der Waals surface area contributed by atoms with E-state index in [0.29, 0.717) is 18.7 Å². The number of hydrogen-bond donors (Lipinski definition) is 1. The van der Waals surface area contributed by atoms with Gasteiger partial charge >= 0.3 is 5.97 Å². The van der Waals surface area contributed by atoms with Gasteiger partial charge in [-0.25, -0.2) is 9.78 Å². The molecule has 1 N–H and O–H groups in total. The van der Waals surface area contributed by atoms with Gasteiger partial charge in [-0.2, -0.15) is 0 Å². The standard InChI is InChI=1S/C13H14N2O2S/c1-2-17-13(16)10-4-3-5-11(8-10)15-9-12-14-6-7-18-12/h3-8,15H,2,9H2,1H3. The van der Waals surface area contributed by atoms with Crippen LogP contribution in [0, 0.1) is 0 Å². The van der Waals surface area contributed by atoms with Crippen LogP contribution in [0.3, 0.4) is 0 Å². The van der Waals surface area contributed by atoms with Gasteiger partial charge in [0, 0.05) is 17.3 Å². The molecule has 0 aliphatic carbocycles. The first-order valence-corrected chi connectivity index (χ1v) is 6.57. The highest BCUT2D eigenvalue weighted by molar-refractivity contribution is 7.09. The molecule has 2 aromatic rings. The summed E-state index contributed by atoms with van der Waals surface area (Å²) in [6.07, 6.45) is 1.77. The molecule has 1 aromatic carbocycles. The lowest BCUT2D eigenvalue weighted by atomic mass is 10.2. The first-order valence-electron chi connectivity index (χ1n) is 5.69. The summed E-state index contributed by atoms with van der Waals surface area (Å²) in [7, 11) is 0. The van der Waals surface area contributed by atoms with Crippen LogP contribution < -0.4 is 5.32 Å². The molecule has 0 aliphatic heterocycles. The molecule has 0 radical (unpaired) electrons. The second kappa shape index (κ2) is 6.16. The molecule has 1 heterocycles. The van der Waals surface area contributed by atoms with Gasteiger partial charge in [0.05, 0.1) is 18.7 Å². The Morgan fingerprint density at radius 1 is 1.50 bits per heavy atom. The molecule has 0 unspecified atom stereocenters. The van der Waals surface area contributed by atoms with Crippen molar-refractivity contribution in [1.29, 1.82) is 0 Å². The Labute approximate surface area is 110 Å². The van der Waals surface area contributed by atoms with Gasteiger partial charge in [0.2, 0.25) is 0 Å². The third-order valence-corrected chi connectivity index (χ3v) is 3.08. The largest absolute Gasteiger partial charge is 0.462 e. The minimum absolute atomic E-state index is 0.296. The lowest BCUT2D eigenvalue weighted by Crippen LogP contribution is -2.05. The Kier molecular flexibility index (Phi) is 4.30. The van der Waals surface area contributed by atoms with Crippen molar-refractivity contribution >= 4 is 23.0 Å². The van der Waals surface area contributed by atoms with Crippen molar-refractivity contribution in [2.45, 2.75) is 13.5 Å². The molecule has 0 spiro atoms. The van der Waals surface area contributed by atoms with Gasteiger partial charge in [0.1, 0.15) is 5.01 Å². The summed E-state index contributed by atoms with van der Waals surface area (Å²) in [6, 6.07) is 7.27. The number of thiazole rings is 1. The van der Waals surface area contributed by atoms with Crippen LogP contribution in [0.2, 0.25) is 0 Å². The molecular weight excluding hydrogens is 248 g/mol. The molecule has 4 nitrogen and oxygen atoms in total. The average molecular weight is 262 g/mol. The lowest BCUT2D eigenvalue weighted by molar-refractivity contribution is 0.0526. The predicted octanol–water partition coefficient (Wildman–Crippen LogP) is 2.93. The van der Waals surface area contributed by atoms with Gasteiger partial charge in [0.15, 0.2) is 0 Å². The number of rotatable bonds is 5. The first kappa shape index (κ1) is 12.6. The summed E-state index contributed by atoms with van der Waals surface area (Å²) in [5.41, 5.74) is 1.44. The number of hydrogen-bond acceptors (Lipinski definition) is 5. The van der Waals surface area contributed by atoms with Crippen molar-refractivity contribution in [2.75, 3.05) is 11.9 Å². The van der Waals surface area contributed by atoms with Crippen molar-refractivity contribution in [1.82, 2.24) is 4.98 Å². The maximum absolute atomic E-state index is 11.6. The summed E-state index contributed by atoms with van der Waals surface area (Å²) in [6.45, 7) is 2.84. The zero-order valence-corrected chi connectivity index (χ0v) is 10.9. The monoisotopic (exact) mass is 262 g/mol. The SMILES string of the molecule is CCOC(=O)c1cccc(NCc2nccs2)c1. The van der Waals surface area contributed by atoms with Crippen molar-refractivity contribution in [3.63, 3.8) is 0 Å². The Morgan fingerprint density at radius 2 is 2.39 bits per heavy atom. The summed E-state index contributed by atoms with van der Waals surface area (Å²) in [4.78, 5) is 15.8. The number of anilines is 1. The second-order valence-corrected chi connectivity index (χ2v) is 4.56. The Balaban J connectivity index is 2.01. The quantitative estimate of drug-likeness (QED) is 0.842. The van der Waals surface area contributed by atoms with E-state index in [1.54, 1.807) is 36.6 Å². The van der Waals surface area contributed by atoms with E-state index in [9.17, 15) is 4.79 Å². The van der Waals surface area contributed by atoms with E-state index in [4.69, 9.17) is 4.74 Å². The summed E-state index contributed by atoms with van der Waals surface area (Å²) in [5.74, 6) is -0.296. The van der Waals surface area contributed by atoms with Crippen LogP contribution >= 0.6 is 11.3 Å². The van der Waals surface area contributed by atoms with Gasteiger partial charge in [-0.15, -0.1) is 11.3 Å². The molecule has 18 heavy (non-hydrogen) atoms. The van der Waals surface area contributed by atoms with E-state index in [-0.39, 0.29) is 5.97 Å². The number of nitrogens with zero attached hydrogens (tertiary/aromatic N) is 1. The number of nitrogens with one attached hydrogen (secondary N) is 1. The van der Waals surface area contributed by atoms with Gasteiger partial charge in [0.25, 0.3) is 0 Å². The minimum atomic E-state index is -0.296. The lowest BCUT2D eigenvalue weighted by Gasteiger charge is -2.06. The topological polar surface area (TPSA) is 51.2 Å². The maximum Gasteiger partial charge on any atom is 0.338 e. The smallest absolute Gasteiger partial charge is 0.338 e. The Bertz CT molecular complexity index is 511. The molecule has 0 saturated carbocycles. The number of carbonyl (C=O) groups is 1. The van der Waals surface area contributed by atoms with Crippen LogP contribution in [0.25, 0.3) is 0 Å². The molecule has 2 rings (SSSR count). The highest BCUT2D eigenvalue weighted by atomic mass is 32.1. The summed E-state index contributed by atoms with van der Waals surface area (Å²) in [5, 5.41) is 6.17. The normalized spacial score (nSPS) is 10.1. The van der Waals surface area contributed by atoms with Crippen LogP contribution in [0.1, 0.15) is 22.3 Å². The van der Waals surface area contributed by atoms with E-state index in [1.165, 1.54) is 0 Å². The molecular formula is C13H14N2O2S. The van der Waals surface area contributed by atoms with Gasteiger partial charge in [-0.05, 0) is 25.1 Å². The van der Waals surface area contributed by atoms with E-state index in [1.807, 2.05) is 17.5 Å². The molecule has 1 aromatic heterocycles. The third kappa shape index (κ3) is 3.30. The van der Waals surface area contributed by atoms with E-state index >= 15 is 0 Å². The third-order valence-electron chi connectivity index (χ3n) is 2.30. The molecule has 94 valence electrons. The van der Waals surface area contributed by atoms with Crippen LogP contribution in [-0.2, 0) is 11.3 Å². The number of benzene rings is 1.